The SMILES string of the molecule is CCOC(=O)c1cc2ccc(C(F)F)cc2[nH]1. The lowest BCUT2D eigenvalue weighted by Crippen LogP contribution is -2.04. The Morgan fingerprint density at radius 3 is 2.82 bits per heavy atom. The fraction of sp³-hybridized carbons (Fsp3) is 0.250. The molecule has 1 aromatic heterocycles. The molecule has 0 amide bonds. The third kappa shape index (κ3) is 2.27. The quantitative estimate of drug-likeness (QED) is 0.835. The van der Waals surface area contributed by atoms with Crippen molar-refractivity contribution in [3.63, 3.8) is 0 Å². The molecule has 0 atom stereocenters. The lowest BCUT2D eigenvalue weighted by atomic mass is 10.2. The highest BCUT2D eigenvalue weighted by Gasteiger charge is 2.12. The summed E-state index contributed by atoms with van der Waals surface area (Å²) in [5.74, 6) is -0.484. The van der Waals surface area contributed by atoms with Crippen LogP contribution in [0, 0.1) is 0 Å². The summed E-state index contributed by atoms with van der Waals surface area (Å²) in [6.07, 6.45) is -2.52. The van der Waals surface area contributed by atoms with E-state index >= 15 is 0 Å². The molecule has 1 heterocycles. The van der Waals surface area contributed by atoms with Crippen molar-refractivity contribution < 1.29 is 18.3 Å². The lowest BCUT2D eigenvalue weighted by Gasteiger charge is -1.98. The Labute approximate surface area is 96.4 Å². The molecule has 1 aromatic carbocycles. The summed E-state index contributed by atoms with van der Waals surface area (Å²) in [7, 11) is 0. The first-order chi connectivity index (χ1) is 8.11. The molecule has 0 unspecified atom stereocenters. The highest BCUT2D eigenvalue weighted by molar-refractivity contribution is 5.94. The predicted octanol–water partition coefficient (Wildman–Crippen LogP) is 3.28. The number of rotatable bonds is 3. The number of hydrogen-bond donors (Lipinski definition) is 1. The van der Waals surface area contributed by atoms with Gasteiger partial charge in [-0.3, -0.25) is 0 Å². The fourth-order valence-corrected chi connectivity index (χ4v) is 1.60. The van der Waals surface area contributed by atoms with Gasteiger partial charge in [0.05, 0.1) is 6.61 Å². The van der Waals surface area contributed by atoms with Crippen LogP contribution < -0.4 is 0 Å². The molecule has 2 rings (SSSR count). The van der Waals surface area contributed by atoms with Crippen molar-refractivity contribution in [3.8, 4) is 0 Å². The molecule has 3 nitrogen and oxygen atoms in total. The second kappa shape index (κ2) is 4.53. The van der Waals surface area contributed by atoms with Gasteiger partial charge >= 0.3 is 5.97 Å². The lowest BCUT2D eigenvalue weighted by molar-refractivity contribution is 0.0520. The van der Waals surface area contributed by atoms with Gasteiger partial charge in [-0.05, 0) is 19.1 Å². The van der Waals surface area contributed by atoms with Gasteiger partial charge < -0.3 is 9.72 Å². The van der Waals surface area contributed by atoms with Crippen molar-refractivity contribution >= 4 is 16.9 Å². The molecule has 1 N–H and O–H groups in total. The van der Waals surface area contributed by atoms with Crippen LogP contribution in [0.4, 0.5) is 8.78 Å². The van der Waals surface area contributed by atoms with Crippen LogP contribution in [-0.4, -0.2) is 17.6 Å². The van der Waals surface area contributed by atoms with Crippen LogP contribution in [0.25, 0.3) is 10.9 Å². The average molecular weight is 239 g/mol. The molecule has 0 spiro atoms. The number of aromatic nitrogens is 1. The minimum atomic E-state index is -2.52. The Hall–Kier alpha value is -1.91. The molecule has 0 fully saturated rings. The largest absolute Gasteiger partial charge is 0.461 e. The van der Waals surface area contributed by atoms with Crippen molar-refractivity contribution in [1.29, 1.82) is 0 Å². The van der Waals surface area contributed by atoms with Crippen molar-refractivity contribution in [2.75, 3.05) is 6.61 Å². The van der Waals surface area contributed by atoms with Gasteiger partial charge in [0.25, 0.3) is 6.43 Å². The Morgan fingerprint density at radius 2 is 2.18 bits per heavy atom. The maximum absolute atomic E-state index is 12.5. The van der Waals surface area contributed by atoms with Gasteiger partial charge in [-0.1, -0.05) is 12.1 Å². The van der Waals surface area contributed by atoms with Crippen molar-refractivity contribution in [3.05, 3.63) is 35.5 Å². The van der Waals surface area contributed by atoms with E-state index in [1.54, 1.807) is 19.1 Å². The highest BCUT2D eigenvalue weighted by Crippen LogP contribution is 2.24. The molecular formula is C12H11F2NO2. The number of aromatic amines is 1. The number of benzene rings is 1. The molecule has 0 aliphatic rings. The summed E-state index contributed by atoms with van der Waals surface area (Å²) in [6.45, 7) is 1.98. The van der Waals surface area contributed by atoms with Gasteiger partial charge in [-0.2, -0.15) is 0 Å². The maximum Gasteiger partial charge on any atom is 0.354 e. The van der Waals surface area contributed by atoms with Gasteiger partial charge in [-0.25, -0.2) is 13.6 Å². The number of carbonyl (C=O) groups excluding carboxylic acids is 1. The number of carbonyl (C=O) groups is 1. The number of ether oxygens (including phenoxy) is 1. The summed E-state index contributed by atoms with van der Waals surface area (Å²) >= 11 is 0. The molecule has 0 aliphatic carbocycles. The molecule has 17 heavy (non-hydrogen) atoms. The summed E-state index contributed by atoms with van der Waals surface area (Å²) < 4.78 is 29.8. The summed E-state index contributed by atoms with van der Waals surface area (Å²) in [4.78, 5) is 14.2. The summed E-state index contributed by atoms with van der Waals surface area (Å²) in [5, 5.41) is 0.706. The van der Waals surface area contributed by atoms with Crippen molar-refractivity contribution in [1.82, 2.24) is 4.98 Å². The van der Waals surface area contributed by atoms with Crippen LogP contribution in [-0.2, 0) is 4.74 Å². The van der Waals surface area contributed by atoms with Crippen LogP contribution in [0.15, 0.2) is 24.3 Å². The van der Waals surface area contributed by atoms with Gasteiger partial charge in [-0.15, -0.1) is 0 Å². The number of alkyl halides is 2. The first kappa shape index (κ1) is 11.6. The van der Waals surface area contributed by atoms with E-state index in [0.717, 1.165) is 0 Å². The van der Waals surface area contributed by atoms with E-state index < -0.39 is 12.4 Å². The minimum Gasteiger partial charge on any atom is -0.461 e. The van der Waals surface area contributed by atoms with Gasteiger partial charge in [0.2, 0.25) is 0 Å². The Bertz CT molecular complexity index is 548. The molecular weight excluding hydrogens is 228 g/mol. The number of nitrogens with one attached hydrogen (secondary N) is 1. The second-order valence-electron chi connectivity index (χ2n) is 3.55. The van der Waals surface area contributed by atoms with Crippen LogP contribution in [0.2, 0.25) is 0 Å². The van der Waals surface area contributed by atoms with Crippen LogP contribution in [0.3, 0.4) is 0 Å². The normalized spacial score (nSPS) is 11.1. The second-order valence-corrected chi connectivity index (χ2v) is 3.55. The first-order valence-corrected chi connectivity index (χ1v) is 5.19. The molecule has 90 valence electrons. The van der Waals surface area contributed by atoms with E-state index in [1.165, 1.54) is 12.1 Å². The Kier molecular flexibility index (Phi) is 3.08. The zero-order valence-corrected chi connectivity index (χ0v) is 9.17. The number of fused-ring (bicyclic) bond motifs is 1. The van der Waals surface area contributed by atoms with Crippen LogP contribution in [0.5, 0.6) is 0 Å². The number of esters is 1. The van der Waals surface area contributed by atoms with E-state index in [-0.39, 0.29) is 17.9 Å². The molecule has 5 heteroatoms. The third-order valence-electron chi connectivity index (χ3n) is 2.39. The molecule has 0 bridgehead atoms. The van der Waals surface area contributed by atoms with Crippen molar-refractivity contribution in [2.45, 2.75) is 13.3 Å². The van der Waals surface area contributed by atoms with Gasteiger partial charge in [0, 0.05) is 16.5 Å². The monoisotopic (exact) mass is 239 g/mol. The number of hydrogen-bond acceptors (Lipinski definition) is 2. The van der Waals surface area contributed by atoms with Crippen LogP contribution >= 0.6 is 0 Å². The van der Waals surface area contributed by atoms with E-state index in [1.807, 2.05) is 0 Å². The van der Waals surface area contributed by atoms with E-state index in [4.69, 9.17) is 4.74 Å². The fourth-order valence-electron chi connectivity index (χ4n) is 1.60. The smallest absolute Gasteiger partial charge is 0.354 e. The summed E-state index contributed by atoms with van der Waals surface area (Å²) in [5.41, 5.74) is 0.703. The first-order valence-electron chi connectivity index (χ1n) is 5.19. The standard InChI is InChI=1S/C12H11F2NO2/c1-2-17-12(16)10-5-7-3-4-8(11(13)14)6-9(7)15-10/h3-6,11,15H,2H2,1H3. The zero-order chi connectivity index (χ0) is 12.4. The van der Waals surface area contributed by atoms with Gasteiger partial charge in [0.15, 0.2) is 0 Å². The van der Waals surface area contributed by atoms with Gasteiger partial charge in [0.1, 0.15) is 5.69 Å². The number of H-pyrrole nitrogens is 1. The van der Waals surface area contributed by atoms with Crippen molar-refractivity contribution in [2.24, 2.45) is 0 Å². The molecule has 2 aromatic rings. The van der Waals surface area contributed by atoms with E-state index in [2.05, 4.69) is 4.98 Å². The van der Waals surface area contributed by atoms with Crippen LogP contribution in [0.1, 0.15) is 29.4 Å². The predicted molar refractivity (Wildman–Crippen MR) is 59.2 cm³/mol. The average Bonchev–Trinajstić information content (AvgIpc) is 2.71. The molecule has 0 saturated carbocycles. The minimum absolute atomic E-state index is 0.0743. The highest BCUT2D eigenvalue weighted by atomic mass is 19.3. The maximum atomic E-state index is 12.5. The Balaban J connectivity index is 2.40. The summed E-state index contributed by atoms with van der Waals surface area (Å²) in [6, 6.07) is 5.82. The molecule has 0 aliphatic heterocycles. The third-order valence-corrected chi connectivity index (χ3v) is 2.39. The van der Waals surface area contributed by atoms with E-state index in [9.17, 15) is 13.6 Å². The number of halogens is 2. The topological polar surface area (TPSA) is 42.1 Å². The zero-order valence-electron chi connectivity index (χ0n) is 9.17. The molecule has 0 saturated heterocycles. The Morgan fingerprint density at radius 1 is 1.41 bits per heavy atom. The molecule has 0 radical (unpaired) electrons. The van der Waals surface area contributed by atoms with E-state index in [0.29, 0.717) is 10.9 Å².